The first-order chi connectivity index (χ1) is 9.09. The largest absolute Gasteiger partial charge is 0.0622 e. The van der Waals surface area contributed by atoms with Crippen molar-refractivity contribution in [2.24, 2.45) is 5.92 Å². The summed E-state index contributed by atoms with van der Waals surface area (Å²) >= 11 is 0. The van der Waals surface area contributed by atoms with Gasteiger partial charge in [-0.1, -0.05) is 82.3 Å². The van der Waals surface area contributed by atoms with Gasteiger partial charge in [-0.05, 0) is 28.5 Å². The molecule has 0 aromatic heterocycles. The van der Waals surface area contributed by atoms with Gasteiger partial charge in [-0.2, -0.15) is 0 Å². The van der Waals surface area contributed by atoms with Gasteiger partial charge in [0.05, 0.1) is 0 Å². The first kappa shape index (κ1) is 13.9. The molecule has 0 nitrogen and oxygen atoms in total. The Morgan fingerprint density at radius 3 is 1.79 bits per heavy atom. The van der Waals surface area contributed by atoms with Gasteiger partial charge in [-0.15, -0.1) is 0 Å². The van der Waals surface area contributed by atoms with Crippen LogP contribution in [0.1, 0.15) is 56.2 Å². The van der Waals surface area contributed by atoms with E-state index in [9.17, 15) is 0 Å². The molecular formula is C19H24. The molecule has 0 radical (unpaired) electrons. The molecule has 0 amide bonds. The van der Waals surface area contributed by atoms with Crippen LogP contribution in [-0.2, 0) is 0 Å². The lowest BCUT2D eigenvalue weighted by molar-refractivity contribution is 0.563. The average molecular weight is 252 g/mol. The van der Waals surface area contributed by atoms with E-state index < -0.39 is 0 Å². The van der Waals surface area contributed by atoms with Crippen molar-refractivity contribution in [1.29, 1.82) is 0 Å². The molecular weight excluding hydrogens is 228 g/mol. The number of rotatable bonds is 4. The zero-order chi connectivity index (χ0) is 13.8. The lowest BCUT2D eigenvalue weighted by Crippen LogP contribution is -2.09. The van der Waals surface area contributed by atoms with Crippen LogP contribution in [0.4, 0.5) is 0 Å². The molecule has 1 atom stereocenters. The van der Waals surface area contributed by atoms with E-state index in [4.69, 9.17) is 0 Å². The van der Waals surface area contributed by atoms with Crippen LogP contribution < -0.4 is 0 Å². The minimum atomic E-state index is 0.486. The summed E-state index contributed by atoms with van der Waals surface area (Å²) in [6.45, 7) is 9.12. The van der Waals surface area contributed by atoms with Gasteiger partial charge in [0, 0.05) is 5.92 Å². The molecule has 0 fully saturated rings. The van der Waals surface area contributed by atoms with Gasteiger partial charge in [0.1, 0.15) is 0 Å². The molecule has 1 unspecified atom stereocenters. The molecule has 0 spiro atoms. The molecule has 0 bridgehead atoms. The minimum Gasteiger partial charge on any atom is -0.0622 e. The van der Waals surface area contributed by atoms with Crippen LogP contribution in [0, 0.1) is 5.92 Å². The van der Waals surface area contributed by atoms with Crippen molar-refractivity contribution in [2.45, 2.75) is 39.5 Å². The minimum absolute atomic E-state index is 0.486. The highest BCUT2D eigenvalue weighted by Gasteiger charge is 2.18. The fourth-order valence-electron chi connectivity index (χ4n) is 2.73. The molecule has 0 aliphatic carbocycles. The van der Waals surface area contributed by atoms with Gasteiger partial charge in [0.25, 0.3) is 0 Å². The number of hydrogen-bond donors (Lipinski definition) is 0. The van der Waals surface area contributed by atoms with E-state index in [2.05, 4.69) is 82.3 Å². The van der Waals surface area contributed by atoms with Crippen LogP contribution in [0.5, 0.6) is 0 Å². The van der Waals surface area contributed by atoms with E-state index in [0.29, 0.717) is 17.8 Å². The highest BCUT2D eigenvalue weighted by molar-refractivity contribution is 5.36. The van der Waals surface area contributed by atoms with Crippen LogP contribution >= 0.6 is 0 Å². The fourth-order valence-corrected chi connectivity index (χ4v) is 2.73. The Balaban J connectivity index is 2.43. The molecule has 0 aliphatic rings. The molecule has 0 heteroatoms. The normalized spacial score (nSPS) is 12.9. The van der Waals surface area contributed by atoms with Gasteiger partial charge in [-0.3, -0.25) is 0 Å². The monoisotopic (exact) mass is 252 g/mol. The second kappa shape index (κ2) is 6.06. The quantitative estimate of drug-likeness (QED) is 0.664. The summed E-state index contributed by atoms with van der Waals surface area (Å²) < 4.78 is 0. The van der Waals surface area contributed by atoms with Gasteiger partial charge >= 0.3 is 0 Å². The Kier molecular flexibility index (Phi) is 4.42. The van der Waals surface area contributed by atoms with E-state index in [1.54, 1.807) is 0 Å². The first-order valence-corrected chi connectivity index (χ1v) is 7.24. The Hall–Kier alpha value is -1.56. The molecule has 2 rings (SSSR count). The van der Waals surface area contributed by atoms with Gasteiger partial charge in [0.15, 0.2) is 0 Å². The summed E-state index contributed by atoms with van der Waals surface area (Å²) in [4.78, 5) is 0. The third kappa shape index (κ3) is 3.26. The Morgan fingerprint density at radius 1 is 0.632 bits per heavy atom. The summed E-state index contributed by atoms with van der Waals surface area (Å²) in [6.07, 6.45) is 0. The molecule has 0 saturated carbocycles. The topological polar surface area (TPSA) is 0 Å². The van der Waals surface area contributed by atoms with Crippen LogP contribution in [0.2, 0.25) is 0 Å². The maximum absolute atomic E-state index is 2.38. The van der Waals surface area contributed by atoms with E-state index in [-0.39, 0.29) is 0 Å². The predicted molar refractivity (Wildman–Crippen MR) is 83.7 cm³/mol. The molecule has 2 aromatic rings. The van der Waals surface area contributed by atoms with E-state index in [1.165, 1.54) is 16.7 Å². The lowest BCUT2D eigenvalue weighted by Gasteiger charge is -2.23. The molecule has 2 aromatic carbocycles. The molecule has 19 heavy (non-hydrogen) atoms. The lowest BCUT2D eigenvalue weighted by atomic mass is 9.81. The molecule has 0 saturated heterocycles. The fraction of sp³-hybridized carbons (Fsp3) is 0.368. The van der Waals surface area contributed by atoms with E-state index in [1.807, 2.05) is 0 Å². The van der Waals surface area contributed by atoms with Crippen LogP contribution in [0.25, 0.3) is 0 Å². The van der Waals surface area contributed by atoms with Crippen LogP contribution in [0.3, 0.4) is 0 Å². The van der Waals surface area contributed by atoms with Crippen molar-refractivity contribution in [1.82, 2.24) is 0 Å². The standard InChI is InChI=1S/C19H24/c1-14(2)17-11-8-12-18(13-17)19(15(3)4)16-9-6-5-7-10-16/h5-15,19H,1-4H3. The third-order valence-electron chi connectivity index (χ3n) is 3.76. The van der Waals surface area contributed by atoms with Crippen molar-refractivity contribution >= 4 is 0 Å². The van der Waals surface area contributed by atoms with E-state index in [0.717, 1.165) is 0 Å². The zero-order valence-electron chi connectivity index (χ0n) is 12.4. The Labute approximate surface area is 117 Å². The van der Waals surface area contributed by atoms with Crippen LogP contribution in [-0.4, -0.2) is 0 Å². The second-order valence-electron chi connectivity index (χ2n) is 5.96. The smallest absolute Gasteiger partial charge is 0.0112 e. The molecule has 100 valence electrons. The zero-order valence-corrected chi connectivity index (χ0v) is 12.4. The van der Waals surface area contributed by atoms with Crippen molar-refractivity contribution in [3.8, 4) is 0 Å². The van der Waals surface area contributed by atoms with E-state index >= 15 is 0 Å². The van der Waals surface area contributed by atoms with Gasteiger partial charge in [0.2, 0.25) is 0 Å². The summed E-state index contributed by atoms with van der Waals surface area (Å²) in [5.41, 5.74) is 4.28. The number of benzene rings is 2. The van der Waals surface area contributed by atoms with Gasteiger partial charge in [-0.25, -0.2) is 0 Å². The van der Waals surface area contributed by atoms with Crippen molar-refractivity contribution in [3.63, 3.8) is 0 Å². The summed E-state index contributed by atoms with van der Waals surface area (Å²) in [5.74, 6) is 1.67. The van der Waals surface area contributed by atoms with Gasteiger partial charge < -0.3 is 0 Å². The highest BCUT2D eigenvalue weighted by Crippen LogP contribution is 2.33. The third-order valence-corrected chi connectivity index (χ3v) is 3.76. The summed E-state index contributed by atoms with van der Waals surface area (Å²) in [5, 5.41) is 0. The predicted octanol–water partition coefficient (Wildman–Crippen LogP) is 5.60. The second-order valence-corrected chi connectivity index (χ2v) is 5.96. The summed E-state index contributed by atoms with van der Waals surface area (Å²) in [7, 11) is 0. The first-order valence-electron chi connectivity index (χ1n) is 7.24. The van der Waals surface area contributed by atoms with Crippen molar-refractivity contribution in [3.05, 3.63) is 71.3 Å². The van der Waals surface area contributed by atoms with Crippen molar-refractivity contribution in [2.75, 3.05) is 0 Å². The average Bonchev–Trinajstić information content (AvgIpc) is 2.40. The Bertz CT molecular complexity index is 509. The maximum Gasteiger partial charge on any atom is 0.0112 e. The number of hydrogen-bond acceptors (Lipinski definition) is 0. The maximum atomic E-state index is 2.38. The molecule has 0 aliphatic heterocycles. The highest BCUT2D eigenvalue weighted by atomic mass is 14.2. The molecule has 0 heterocycles. The molecule has 0 N–H and O–H groups in total. The van der Waals surface area contributed by atoms with Crippen molar-refractivity contribution < 1.29 is 0 Å². The SMILES string of the molecule is CC(C)c1cccc(C(c2ccccc2)C(C)C)c1. The Morgan fingerprint density at radius 2 is 1.21 bits per heavy atom. The summed E-state index contributed by atoms with van der Waals surface area (Å²) in [6, 6.07) is 19.9. The van der Waals surface area contributed by atoms with Crippen LogP contribution in [0.15, 0.2) is 54.6 Å².